The Morgan fingerprint density at radius 3 is 2.27 bits per heavy atom. The number of carbonyl (C=O) groups excluding carboxylic acids is 1. The molecular weight excluding hydrogens is 192 g/mol. The Hall–Kier alpha value is -0.730. The van der Waals surface area contributed by atoms with Crippen molar-refractivity contribution in [1.29, 1.82) is 0 Å². The van der Waals surface area contributed by atoms with E-state index in [1.807, 2.05) is 13.8 Å². The highest BCUT2D eigenvalue weighted by Crippen LogP contribution is 2.08. The SMILES string of the molecule is CCCC(C)COC(=O)OC(CC)CC. The smallest absolute Gasteiger partial charge is 0.434 e. The summed E-state index contributed by atoms with van der Waals surface area (Å²) in [6.45, 7) is 8.67. The van der Waals surface area contributed by atoms with Gasteiger partial charge in [-0.1, -0.05) is 34.1 Å². The van der Waals surface area contributed by atoms with Crippen molar-refractivity contribution in [1.82, 2.24) is 0 Å². The third-order valence-electron chi connectivity index (χ3n) is 2.44. The van der Waals surface area contributed by atoms with Gasteiger partial charge in [-0.25, -0.2) is 4.79 Å². The molecule has 0 radical (unpaired) electrons. The van der Waals surface area contributed by atoms with Crippen LogP contribution in [0.2, 0.25) is 0 Å². The number of hydrogen-bond donors (Lipinski definition) is 0. The van der Waals surface area contributed by atoms with Crippen molar-refractivity contribution in [2.75, 3.05) is 6.61 Å². The van der Waals surface area contributed by atoms with Crippen LogP contribution in [0.3, 0.4) is 0 Å². The van der Waals surface area contributed by atoms with Crippen LogP contribution in [0.1, 0.15) is 53.4 Å². The zero-order valence-corrected chi connectivity index (χ0v) is 10.4. The third-order valence-corrected chi connectivity index (χ3v) is 2.44. The average Bonchev–Trinajstić information content (AvgIpc) is 2.23. The zero-order valence-electron chi connectivity index (χ0n) is 10.4. The molecule has 0 spiro atoms. The maximum Gasteiger partial charge on any atom is 0.508 e. The van der Waals surface area contributed by atoms with E-state index in [9.17, 15) is 4.79 Å². The summed E-state index contributed by atoms with van der Waals surface area (Å²) in [5.41, 5.74) is 0. The molecule has 0 saturated heterocycles. The standard InChI is InChI=1S/C12H24O3/c1-5-8-10(4)9-14-12(13)15-11(6-2)7-3/h10-11H,5-9H2,1-4H3. The molecule has 0 amide bonds. The van der Waals surface area contributed by atoms with Gasteiger partial charge in [-0.05, 0) is 25.2 Å². The highest BCUT2D eigenvalue weighted by Gasteiger charge is 2.12. The maximum absolute atomic E-state index is 11.2. The first-order valence-corrected chi connectivity index (χ1v) is 5.97. The highest BCUT2D eigenvalue weighted by molar-refractivity contribution is 5.60. The lowest BCUT2D eigenvalue weighted by atomic mass is 10.1. The molecule has 0 bridgehead atoms. The number of ether oxygens (including phenoxy) is 2. The van der Waals surface area contributed by atoms with Gasteiger partial charge in [-0.2, -0.15) is 0 Å². The fraction of sp³-hybridized carbons (Fsp3) is 0.917. The van der Waals surface area contributed by atoms with Gasteiger partial charge < -0.3 is 9.47 Å². The topological polar surface area (TPSA) is 35.5 Å². The van der Waals surface area contributed by atoms with Crippen molar-refractivity contribution in [3.05, 3.63) is 0 Å². The lowest BCUT2D eigenvalue weighted by Gasteiger charge is -2.15. The molecule has 0 aromatic carbocycles. The first-order valence-electron chi connectivity index (χ1n) is 5.97. The summed E-state index contributed by atoms with van der Waals surface area (Å²) in [6.07, 6.45) is 3.36. The summed E-state index contributed by atoms with van der Waals surface area (Å²) in [5, 5.41) is 0. The molecule has 0 aliphatic rings. The van der Waals surface area contributed by atoms with Crippen LogP contribution in [0.5, 0.6) is 0 Å². The van der Waals surface area contributed by atoms with Gasteiger partial charge in [0.2, 0.25) is 0 Å². The highest BCUT2D eigenvalue weighted by atomic mass is 16.7. The van der Waals surface area contributed by atoms with Gasteiger partial charge in [-0.15, -0.1) is 0 Å². The van der Waals surface area contributed by atoms with E-state index in [0.717, 1.165) is 25.7 Å². The summed E-state index contributed by atoms with van der Waals surface area (Å²) in [7, 11) is 0. The monoisotopic (exact) mass is 216 g/mol. The second-order valence-electron chi connectivity index (χ2n) is 4.01. The third kappa shape index (κ3) is 7.23. The molecule has 0 aromatic heterocycles. The Morgan fingerprint density at radius 2 is 1.80 bits per heavy atom. The fourth-order valence-electron chi connectivity index (χ4n) is 1.41. The van der Waals surface area contributed by atoms with Gasteiger partial charge >= 0.3 is 6.16 Å². The predicted octanol–water partition coefficient (Wildman–Crippen LogP) is 3.76. The molecule has 0 saturated carbocycles. The first-order chi connectivity index (χ1) is 7.13. The van der Waals surface area contributed by atoms with Gasteiger partial charge in [0.05, 0.1) is 6.61 Å². The van der Waals surface area contributed by atoms with E-state index >= 15 is 0 Å². The van der Waals surface area contributed by atoms with Crippen molar-refractivity contribution >= 4 is 6.16 Å². The second kappa shape index (κ2) is 8.57. The summed E-state index contributed by atoms with van der Waals surface area (Å²) in [4.78, 5) is 11.2. The van der Waals surface area contributed by atoms with Crippen LogP contribution in [0.15, 0.2) is 0 Å². The Labute approximate surface area is 93.1 Å². The Morgan fingerprint density at radius 1 is 1.20 bits per heavy atom. The van der Waals surface area contributed by atoms with E-state index in [0.29, 0.717) is 12.5 Å². The van der Waals surface area contributed by atoms with Crippen molar-refractivity contribution < 1.29 is 14.3 Å². The molecule has 90 valence electrons. The van der Waals surface area contributed by atoms with Crippen LogP contribution in [-0.2, 0) is 9.47 Å². The molecule has 1 unspecified atom stereocenters. The minimum atomic E-state index is -0.522. The van der Waals surface area contributed by atoms with Crippen molar-refractivity contribution in [3.8, 4) is 0 Å². The van der Waals surface area contributed by atoms with Crippen LogP contribution in [0.25, 0.3) is 0 Å². The summed E-state index contributed by atoms with van der Waals surface area (Å²) >= 11 is 0. The molecule has 0 aliphatic heterocycles. The molecular formula is C12H24O3. The second-order valence-corrected chi connectivity index (χ2v) is 4.01. The van der Waals surface area contributed by atoms with E-state index in [1.54, 1.807) is 0 Å². The Kier molecular flexibility index (Phi) is 8.15. The number of carbonyl (C=O) groups is 1. The fourth-order valence-corrected chi connectivity index (χ4v) is 1.41. The van der Waals surface area contributed by atoms with Gasteiger partial charge in [0.1, 0.15) is 6.10 Å². The van der Waals surface area contributed by atoms with Crippen molar-refractivity contribution in [3.63, 3.8) is 0 Å². The largest absolute Gasteiger partial charge is 0.508 e. The zero-order chi connectivity index (χ0) is 11.7. The minimum absolute atomic E-state index is 0.000943. The van der Waals surface area contributed by atoms with E-state index in [1.165, 1.54) is 0 Å². The Balaban J connectivity index is 3.64. The molecule has 3 nitrogen and oxygen atoms in total. The minimum Gasteiger partial charge on any atom is -0.434 e. The summed E-state index contributed by atoms with van der Waals surface area (Å²) in [5.74, 6) is 0.421. The predicted molar refractivity (Wildman–Crippen MR) is 60.9 cm³/mol. The first kappa shape index (κ1) is 14.3. The molecule has 0 aromatic rings. The molecule has 0 fully saturated rings. The normalized spacial score (nSPS) is 12.6. The van der Waals surface area contributed by atoms with Gasteiger partial charge in [-0.3, -0.25) is 0 Å². The average molecular weight is 216 g/mol. The van der Waals surface area contributed by atoms with Gasteiger partial charge in [0, 0.05) is 0 Å². The lowest BCUT2D eigenvalue weighted by Crippen LogP contribution is -2.19. The quantitative estimate of drug-likeness (QED) is 0.608. The lowest BCUT2D eigenvalue weighted by molar-refractivity contribution is 0.0137. The Bertz CT molecular complexity index is 164. The van der Waals surface area contributed by atoms with Gasteiger partial charge in [0.25, 0.3) is 0 Å². The van der Waals surface area contributed by atoms with Crippen molar-refractivity contribution in [2.24, 2.45) is 5.92 Å². The van der Waals surface area contributed by atoms with Crippen LogP contribution in [0.4, 0.5) is 4.79 Å². The van der Waals surface area contributed by atoms with E-state index < -0.39 is 6.16 Å². The van der Waals surface area contributed by atoms with Crippen LogP contribution < -0.4 is 0 Å². The molecule has 0 aliphatic carbocycles. The molecule has 0 N–H and O–H groups in total. The maximum atomic E-state index is 11.2. The molecule has 3 heteroatoms. The number of hydrogen-bond acceptors (Lipinski definition) is 3. The van der Waals surface area contributed by atoms with E-state index in [4.69, 9.17) is 9.47 Å². The van der Waals surface area contributed by atoms with Crippen LogP contribution in [0, 0.1) is 5.92 Å². The molecule has 0 rings (SSSR count). The van der Waals surface area contributed by atoms with Crippen molar-refractivity contribution in [2.45, 2.75) is 59.5 Å². The summed E-state index contributed by atoms with van der Waals surface area (Å²) < 4.78 is 10.1. The van der Waals surface area contributed by atoms with Crippen LogP contribution in [-0.4, -0.2) is 18.9 Å². The molecule has 0 heterocycles. The molecule has 15 heavy (non-hydrogen) atoms. The van der Waals surface area contributed by atoms with Crippen LogP contribution >= 0.6 is 0 Å². The van der Waals surface area contributed by atoms with E-state index in [-0.39, 0.29) is 6.10 Å². The van der Waals surface area contributed by atoms with E-state index in [2.05, 4.69) is 13.8 Å². The number of rotatable bonds is 7. The molecule has 1 atom stereocenters. The van der Waals surface area contributed by atoms with Gasteiger partial charge in [0.15, 0.2) is 0 Å². The summed E-state index contributed by atoms with van der Waals surface area (Å²) in [6, 6.07) is 0.